The van der Waals surface area contributed by atoms with Gasteiger partial charge in [-0.15, -0.1) is 0 Å². The average molecular weight is 279 g/mol. The quantitative estimate of drug-likeness (QED) is 0.485. The zero-order valence-electron chi connectivity index (χ0n) is 7.85. The fraction of sp³-hybridized carbons (Fsp3) is 1.00. The van der Waals surface area contributed by atoms with Crippen LogP contribution in [0.5, 0.6) is 0 Å². The second kappa shape index (κ2) is 3.45. The van der Waals surface area contributed by atoms with Gasteiger partial charge < -0.3 is 0 Å². The third-order valence-corrected chi connectivity index (χ3v) is 5.10. The molecular formula is C10H18IN. The normalized spacial score (nSPS) is 36.0. The molecule has 1 saturated heterocycles. The lowest BCUT2D eigenvalue weighted by molar-refractivity contribution is 0.133. The molecule has 1 nitrogen and oxygen atoms in total. The number of halogens is 1. The summed E-state index contributed by atoms with van der Waals surface area (Å²) in [4.78, 5) is 0. The lowest BCUT2D eigenvalue weighted by atomic mass is 9.82. The van der Waals surface area contributed by atoms with Crippen molar-refractivity contribution in [3.63, 3.8) is 0 Å². The van der Waals surface area contributed by atoms with Crippen molar-refractivity contribution >= 4 is 22.9 Å². The van der Waals surface area contributed by atoms with E-state index in [2.05, 4.69) is 32.9 Å². The summed E-state index contributed by atoms with van der Waals surface area (Å²) in [6, 6.07) is 0. The van der Waals surface area contributed by atoms with Gasteiger partial charge in [-0.1, -0.05) is 19.8 Å². The van der Waals surface area contributed by atoms with Gasteiger partial charge in [0.15, 0.2) is 0 Å². The van der Waals surface area contributed by atoms with Gasteiger partial charge >= 0.3 is 0 Å². The third kappa shape index (κ3) is 1.52. The maximum Gasteiger partial charge on any atom is 0.0307 e. The summed E-state index contributed by atoms with van der Waals surface area (Å²) in [6.07, 6.45) is 8.71. The van der Waals surface area contributed by atoms with Gasteiger partial charge in [-0.25, -0.2) is 3.11 Å². The SMILES string of the molecule is C[C@@H]1CCN(I)C2(CCCC2)C1. The summed E-state index contributed by atoms with van der Waals surface area (Å²) >= 11 is 2.55. The third-order valence-electron chi connectivity index (χ3n) is 3.60. The molecule has 12 heavy (non-hydrogen) atoms. The predicted molar refractivity (Wildman–Crippen MR) is 60.3 cm³/mol. The standard InChI is InChI=1S/C10H18IN/c1-9-4-7-12(11)10(8-9)5-2-3-6-10/h9H,2-8H2,1H3/t9-/m1/s1. The minimum atomic E-state index is 0.623. The number of rotatable bonds is 0. The Hall–Kier alpha value is 0.690. The predicted octanol–water partition coefficient (Wildman–Crippen LogP) is 3.38. The van der Waals surface area contributed by atoms with Crippen LogP contribution in [0.4, 0.5) is 0 Å². The van der Waals surface area contributed by atoms with Crippen molar-refractivity contribution < 1.29 is 0 Å². The Morgan fingerprint density at radius 2 is 2.00 bits per heavy atom. The maximum atomic E-state index is 2.61. The van der Waals surface area contributed by atoms with Crippen molar-refractivity contribution in [3.8, 4) is 0 Å². The molecule has 0 N–H and O–H groups in total. The molecule has 2 aliphatic rings. The van der Waals surface area contributed by atoms with Crippen LogP contribution in [-0.4, -0.2) is 15.2 Å². The summed E-state index contributed by atoms with van der Waals surface area (Å²) in [7, 11) is 0. The summed E-state index contributed by atoms with van der Waals surface area (Å²) in [6.45, 7) is 3.74. The molecule has 1 aliphatic carbocycles. The first-order valence-electron chi connectivity index (χ1n) is 5.16. The molecule has 70 valence electrons. The Bertz CT molecular complexity index is 163. The summed E-state index contributed by atoms with van der Waals surface area (Å²) in [5.74, 6) is 0.967. The van der Waals surface area contributed by atoms with Crippen LogP contribution < -0.4 is 0 Å². The molecule has 0 aromatic carbocycles. The topological polar surface area (TPSA) is 3.24 Å². The molecule has 0 amide bonds. The van der Waals surface area contributed by atoms with Gasteiger partial charge in [-0.05, 0) is 31.6 Å². The molecular weight excluding hydrogens is 261 g/mol. The van der Waals surface area contributed by atoms with Gasteiger partial charge in [0.2, 0.25) is 0 Å². The van der Waals surface area contributed by atoms with E-state index in [-0.39, 0.29) is 0 Å². The number of nitrogens with zero attached hydrogens (tertiary/aromatic N) is 1. The molecule has 0 radical (unpaired) electrons. The van der Waals surface area contributed by atoms with Crippen molar-refractivity contribution in [3.05, 3.63) is 0 Å². The van der Waals surface area contributed by atoms with Crippen LogP contribution in [0.2, 0.25) is 0 Å². The second-order valence-corrected chi connectivity index (χ2v) is 5.78. The van der Waals surface area contributed by atoms with Gasteiger partial charge in [0.25, 0.3) is 0 Å². The average Bonchev–Trinajstić information content (AvgIpc) is 2.48. The van der Waals surface area contributed by atoms with E-state index in [9.17, 15) is 0 Å². The van der Waals surface area contributed by atoms with Crippen molar-refractivity contribution in [1.29, 1.82) is 0 Å². The highest BCUT2D eigenvalue weighted by molar-refractivity contribution is 14.1. The number of hydrogen-bond acceptors (Lipinski definition) is 1. The van der Waals surface area contributed by atoms with E-state index in [1.54, 1.807) is 0 Å². The summed E-state index contributed by atoms with van der Waals surface area (Å²) in [5, 5.41) is 0. The van der Waals surface area contributed by atoms with Crippen molar-refractivity contribution in [2.45, 2.75) is 51.0 Å². The van der Waals surface area contributed by atoms with Gasteiger partial charge in [0, 0.05) is 34.9 Å². The molecule has 2 fully saturated rings. The van der Waals surface area contributed by atoms with E-state index in [1.807, 2.05) is 0 Å². The van der Waals surface area contributed by atoms with Gasteiger partial charge in [-0.2, -0.15) is 0 Å². The minimum Gasteiger partial charge on any atom is -0.241 e. The van der Waals surface area contributed by atoms with E-state index >= 15 is 0 Å². The van der Waals surface area contributed by atoms with Crippen LogP contribution >= 0.6 is 22.9 Å². The van der Waals surface area contributed by atoms with Crippen molar-refractivity contribution in [2.24, 2.45) is 5.92 Å². The van der Waals surface area contributed by atoms with E-state index in [4.69, 9.17) is 0 Å². The molecule has 2 heteroatoms. The maximum absolute atomic E-state index is 2.61. The molecule has 0 aromatic rings. The molecule has 0 unspecified atom stereocenters. The lowest BCUT2D eigenvalue weighted by Gasteiger charge is -2.43. The van der Waals surface area contributed by atoms with Crippen LogP contribution in [0.15, 0.2) is 0 Å². The lowest BCUT2D eigenvalue weighted by Crippen LogP contribution is -2.46. The molecule has 1 heterocycles. The molecule has 2 rings (SSSR count). The van der Waals surface area contributed by atoms with Gasteiger partial charge in [0.05, 0.1) is 0 Å². The van der Waals surface area contributed by atoms with Crippen molar-refractivity contribution in [2.75, 3.05) is 6.54 Å². The molecule has 1 saturated carbocycles. The minimum absolute atomic E-state index is 0.623. The van der Waals surface area contributed by atoms with E-state index in [0.29, 0.717) is 5.54 Å². The highest BCUT2D eigenvalue weighted by atomic mass is 127. The second-order valence-electron chi connectivity index (χ2n) is 4.62. The zero-order chi connectivity index (χ0) is 8.60. The molecule has 0 bridgehead atoms. The Morgan fingerprint density at radius 1 is 1.33 bits per heavy atom. The zero-order valence-corrected chi connectivity index (χ0v) is 10.0. The Morgan fingerprint density at radius 3 is 2.67 bits per heavy atom. The first kappa shape index (κ1) is 9.25. The molecule has 1 atom stereocenters. The van der Waals surface area contributed by atoms with Crippen molar-refractivity contribution in [1.82, 2.24) is 3.11 Å². The van der Waals surface area contributed by atoms with Gasteiger partial charge in [0.1, 0.15) is 0 Å². The van der Waals surface area contributed by atoms with Crippen LogP contribution in [-0.2, 0) is 0 Å². The first-order chi connectivity index (χ1) is 5.73. The fourth-order valence-corrected chi connectivity index (χ4v) is 3.86. The van der Waals surface area contributed by atoms with E-state index in [1.165, 1.54) is 45.1 Å². The Labute approximate surface area is 89.4 Å². The van der Waals surface area contributed by atoms with Crippen LogP contribution in [0.1, 0.15) is 45.4 Å². The van der Waals surface area contributed by atoms with E-state index < -0.39 is 0 Å². The summed E-state index contributed by atoms with van der Waals surface area (Å²) < 4.78 is 2.61. The highest BCUT2D eigenvalue weighted by Gasteiger charge is 2.41. The first-order valence-corrected chi connectivity index (χ1v) is 6.13. The smallest absolute Gasteiger partial charge is 0.0307 e. The largest absolute Gasteiger partial charge is 0.241 e. The Kier molecular flexibility index (Phi) is 2.66. The molecule has 0 aromatic heterocycles. The Balaban J connectivity index is 2.09. The monoisotopic (exact) mass is 279 g/mol. The van der Waals surface area contributed by atoms with Crippen LogP contribution in [0.25, 0.3) is 0 Å². The number of hydrogen-bond donors (Lipinski definition) is 0. The van der Waals surface area contributed by atoms with Gasteiger partial charge in [-0.3, -0.25) is 0 Å². The summed E-state index contributed by atoms with van der Waals surface area (Å²) in [5.41, 5.74) is 0.623. The molecule has 1 aliphatic heterocycles. The highest BCUT2D eigenvalue weighted by Crippen LogP contribution is 2.45. The molecule has 1 spiro atoms. The van der Waals surface area contributed by atoms with Crippen LogP contribution in [0.3, 0.4) is 0 Å². The fourth-order valence-electron chi connectivity index (χ4n) is 2.90. The van der Waals surface area contributed by atoms with Crippen LogP contribution in [0, 0.1) is 5.92 Å². The van der Waals surface area contributed by atoms with E-state index in [0.717, 1.165) is 5.92 Å². The number of piperidine rings is 1.